The minimum Gasteiger partial charge on any atom is -0.354 e. The maximum absolute atomic E-state index is 13.2. The summed E-state index contributed by atoms with van der Waals surface area (Å²) in [6.07, 6.45) is 13.6. The Labute approximate surface area is 249 Å². The maximum Gasteiger partial charge on any atom is 0.267 e. The van der Waals surface area contributed by atoms with Gasteiger partial charge < -0.3 is 15.6 Å². The van der Waals surface area contributed by atoms with Gasteiger partial charge in [-0.25, -0.2) is 16.8 Å². The number of benzene rings is 2. The summed E-state index contributed by atoms with van der Waals surface area (Å²) in [7, 11) is -7.23. The van der Waals surface area contributed by atoms with Crippen molar-refractivity contribution in [3.05, 3.63) is 77.1 Å². The standard InChI is InChI=1S/C32H41N3O5S2/c1-41(37,38)26-14-16-28(17-15-26)42(39,40)27-12-10-24(11-13-27)21-34-31(36)29-20-25-22-33-23-32(30(25)35-29)18-8-6-4-2-3-5-7-9-19-32/h10-17,20,33,35H,2-9,18-19,21-23H2,1H3,(H,34,36). The molecule has 2 aliphatic rings. The summed E-state index contributed by atoms with van der Waals surface area (Å²) < 4.78 is 49.5. The molecule has 1 amide bonds. The molecule has 1 aliphatic heterocycles. The van der Waals surface area contributed by atoms with Gasteiger partial charge in [-0.15, -0.1) is 0 Å². The fraction of sp³-hybridized carbons (Fsp3) is 0.469. The van der Waals surface area contributed by atoms with Crippen LogP contribution < -0.4 is 10.6 Å². The number of carbonyl (C=O) groups excluding carboxylic acids is 1. The Bertz CT molecular complexity index is 1600. The van der Waals surface area contributed by atoms with Crippen molar-refractivity contribution in [3.8, 4) is 0 Å². The van der Waals surface area contributed by atoms with E-state index in [1.165, 1.54) is 99.0 Å². The molecule has 3 aromatic rings. The van der Waals surface area contributed by atoms with Gasteiger partial charge in [-0.3, -0.25) is 4.79 Å². The maximum atomic E-state index is 13.2. The monoisotopic (exact) mass is 611 g/mol. The Hall–Kier alpha value is -2.95. The topological polar surface area (TPSA) is 125 Å². The summed E-state index contributed by atoms with van der Waals surface area (Å²) in [6.45, 7) is 1.96. The predicted octanol–water partition coefficient (Wildman–Crippen LogP) is 5.44. The summed E-state index contributed by atoms with van der Waals surface area (Å²) in [5.41, 5.74) is 3.79. The molecular formula is C32H41N3O5S2. The fourth-order valence-corrected chi connectivity index (χ4v) is 8.25. The highest BCUT2D eigenvalue weighted by atomic mass is 32.2. The Morgan fingerprint density at radius 3 is 1.88 bits per heavy atom. The van der Waals surface area contributed by atoms with Gasteiger partial charge >= 0.3 is 0 Å². The van der Waals surface area contributed by atoms with E-state index >= 15 is 0 Å². The number of nitrogens with one attached hydrogen (secondary N) is 3. The molecule has 1 aromatic heterocycles. The van der Waals surface area contributed by atoms with Gasteiger partial charge in [-0.2, -0.15) is 0 Å². The first-order valence-corrected chi connectivity index (χ1v) is 18.3. The van der Waals surface area contributed by atoms with E-state index in [4.69, 9.17) is 0 Å². The normalized spacial score (nSPS) is 18.1. The van der Waals surface area contributed by atoms with Crippen LogP contribution in [-0.4, -0.2) is 40.5 Å². The molecule has 2 heterocycles. The van der Waals surface area contributed by atoms with E-state index in [-0.39, 0.29) is 32.6 Å². The third kappa shape index (κ3) is 6.82. The Morgan fingerprint density at radius 1 is 0.786 bits per heavy atom. The molecule has 1 fully saturated rings. The first-order chi connectivity index (χ1) is 20.1. The average Bonchev–Trinajstić information content (AvgIpc) is 3.41. The molecule has 5 rings (SSSR count). The van der Waals surface area contributed by atoms with Gasteiger partial charge in [0.25, 0.3) is 5.91 Å². The van der Waals surface area contributed by atoms with Crippen LogP contribution in [0.4, 0.5) is 0 Å². The molecule has 0 unspecified atom stereocenters. The van der Waals surface area contributed by atoms with Crippen LogP contribution >= 0.6 is 0 Å². The zero-order valence-corrected chi connectivity index (χ0v) is 25.9. The van der Waals surface area contributed by atoms with Crippen LogP contribution in [0.2, 0.25) is 0 Å². The minimum atomic E-state index is -3.81. The summed E-state index contributed by atoms with van der Waals surface area (Å²) in [5.74, 6) is -0.182. The summed E-state index contributed by atoms with van der Waals surface area (Å²) >= 11 is 0. The summed E-state index contributed by atoms with van der Waals surface area (Å²) in [6, 6.07) is 13.5. The zero-order chi connectivity index (χ0) is 29.8. The SMILES string of the molecule is CS(=O)(=O)c1ccc(S(=O)(=O)c2ccc(CNC(=O)c3cc4c([nH]3)C3(CCCCCCCCCC3)CNC4)cc2)cc1. The smallest absolute Gasteiger partial charge is 0.267 e. The number of sulfone groups is 2. The van der Waals surface area contributed by atoms with Crippen molar-refractivity contribution in [3.63, 3.8) is 0 Å². The van der Waals surface area contributed by atoms with Crippen LogP contribution in [-0.2, 0) is 38.2 Å². The lowest BCUT2D eigenvalue weighted by atomic mass is 9.72. The number of carbonyl (C=O) groups is 1. The summed E-state index contributed by atoms with van der Waals surface area (Å²) in [5, 5.41) is 6.60. The quantitative estimate of drug-likeness (QED) is 0.341. The molecule has 8 nitrogen and oxygen atoms in total. The molecule has 0 radical (unpaired) electrons. The van der Waals surface area contributed by atoms with Crippen LogP contribution in [0.1, 0.15) is 91.5 Å². The fourth-order valence-electron chi connectivity index (χ4n) is 6.36. The average molecular weight is 612 g/mol. The molecule has 1 spiro atoms. The first kappa shape index (κ1) is 30.5. The molecule has 1 aliphatic carbocycles. The molecule has 0 saturated heterocycles. The van der Waals surface area contributed by atoms with Crippen molar-refractivity contribution >= 4 is 25.6 Å². The third-order valence-electron chi connectivity index (χ3n) is 8.76. The van der Waals surface area contributed by atoms with Crippen molar-refractivity contribution in [2.24, 2.45) is 0 Å². The third-order valence-corrected chi connectivity index (χ3v) is 11.7. The van der Waals surface area contributed by atoms with E-state index < -0.39 is 19.7 Å². The lowest BCUT2D eigenvalue weighted by molar-refractivity contribution is 0.0946. The molecule has 3 N–H and O–H groups in total. The van der Waals surface area contributed by atoms with Gasteiger partial charge in [-0.1, -0.05) is 63.5 Å². The number of amides is 1. The zero-order valence-electron chi connectivity index (χ0n) is 24.2. The second kappa shape index (κ2) is 12.7. The number of H-pyrrole nitrogens is 1. The second-order valence-electron chi connectivity index (χ2n) is 11.9. The molecule has 0 bridgehead atoms. The van der Waals surface area contributed by atoms with E-state index in [0.717, 1.165) is 37.8 Å². The Kier molecular flexibility index (Phi) is 9.25. The number of aromatic nitrogens is 1. The Morgan fingerprint density at radius 2 is 1.31 bits per heavy atom. The minimum absolute atomic E-state index is 0.0185. The van der Waals surface area contributed by atoms with Crippen molar-refractivity contribution < 1.29 is 21.6 Å². The van der Waals surface area contributed by atoms with Crippen LogP contribution in [0.15, 0.2) is 69.3 Å². The lowest BCUT2D eigenvalue weighted by Gasteiger charge is -2.38. The summed E-state index contributed by atoms with van der Waals surface area (Å²) in [4.78, 5) is 16.9. The molecule has 42 heavy (non-hydrogen) atoms. The van der Waals surface area contributed by atoms with Crippen LogP contribution in [0.3, 0.4) is 0 Å². The number of hydrogen-bond donors (Lipinski definition) is 3. The van der Waals surface area contributed by atoms with Crippen LogP contribution in [0.25, 0.3) is 0 Å². The number of rotatable bonds is 6. The highest BCUT2D eigenvalue weighted by Gasteiger charge is 2.38. The largest absolute Gasteiger partial charge is 0.354 e. The predicted molar refractivity (Wildman–Crippen MR) is 163 cm³/mol. The van der Waals surface area contributed by atoms with Gasteiger partial charge in [-0.05, 0) is 66.4 Å². The molecule has 1 saturated carbocycles. The van der Waals surface area contributed by atoms with Gasteiger partial charge in [0.1, 0.15) is 5.69 Å². The number of aromatic amines is 1. The highest BCUT2D eigenvalue weighted by Crippen LogP contribution is 2.40. The second-order valence-corrected chi connectivity index (χ2v) is 15.8. The van der Waals surface area contributed by atoms with Gasteiger partial charge in [0, 0.05) is 37.0 Å². The van der Waals surface area contributed by atoms with Crippen molar-refractivity contribution in [2.75, 3.05) is 12.8 Å². The van der Waals surface area contributed by atoms with E-state index in [2.05, 4.69) is 15.6 Å². The molecule has 10 heteroatoms. The van der Waals surface area contributed by atoms with E-state index in [1.807, 2.05) is 6.07 Å². The molecular weight excluding hydrogens is 571 g/mol. The van der Waals surface area contributed by atoms with Gasteiger partial charge in [0.15, 0.2) is 9.84 Å². The molecule has 2 aromatic carbocycles. The first-order valence-electron chi connectivity index (χ1n) is 14.9. The highest BCUT2D eigenvalue weighted by molar-refractivity contribution is 7.91. The molecule has 226 valence electrons. The van der Waals surface area contributed by atoms with Crippen LogP contribution in [0.5, 0.6) is 0 Å². The van der Waals surface area contributed by atoms with E-state index in [0.29, 0.717) is 5.69 Å². The van der Waals surface area contributed by atoms with Crippen molar-refractivity contribution in [1.29, 1.82) is 0 Å². The van der Waals surface area contributed by atoms with Gasteiger partial charge in [0.05, 0.1) is 14.7 Å². The Balaban J connectivity index is 1.25. The van der Waals surface area contributed by atoms with Crippen LogP contribution in [0, 0.1) is 0 Å². The molecule has 0 atom stereocenters. The van der Waals surface area contributed by atoms with Crippen molar-refractivity contribution in [1.82, 2.24) is 15.6 Å². The van der Waals surface area contributed by atoms with Crippen molar-refractivity contribution in [2.45, 2.75) is 97.4 Å². The van der Waals surface area contributed by atoms with Gasteiger partial charge in [0.2, 0.25) is 9.84 Å². The number of hydrogen-bond acceptors (Lipinski definition) is 6. The lowest BCUT2D eigenvalue weighted by Crippen LogP contribution is -2.43. The van der Waals surface area contributed by atoms with E-state index in [9.17, 15) is 21.6 Å². The van der Waals surface area contributed by atoms with E-state index in [1.54, 1.807) is 12.1 Å². The number of fused-ring (bicyclic) bond motifs is 2.